The molecule has 3 rings (SSSR count). The van der Waals surface area contributed by atoms with Gasteiger partial charge in [-0.1, -0.05) is 0 Å². The van der Waals surface area contributed by atoms with Crippen molar-refractivity contribution in [1.29, 1.82) is 0 Å². The first-order valence-corrected chi connectivity index (χ1v) is 7.36. The van der Waals surface area contributed by atoms with Gasteiger partial charge < -0.3 is 21.3 Å². The Morgan fingerprint density at radius 1 is 1.33 bits per heavy atom. The van der Waals surface area contributed by atoms with Crippen molar-refractivity contribution >= 4 is 6.03 Å². The zero-order chi connectivity index (χ0) is 15.3. The van der Waals surface area contributed by atoms with Crippen molar-refractivity contribution in [3.05, 3.63) is 0 Å². The van der Waals surface area contributed by atoms with Gasteiger partial charge in [-0.15, -0.1) is 0 Å². The molecular weight excluding hydrogens is 285 g/mol. The predicted octanol–water partition coefficient (Wildman–Crippen LogP) is 0.661. The summed E-state index contributed by atoms with van der Waals surface area (Å²) in [5, 5.41) is 5.51. The highest BCUT2D eigenvalue weighted by Crippen LogP contribution is 2.72. The van der Waals surface area contributed by atoms with Crippen LogP contribution in [0.5, 0.6) is 0 Å². The van der Waals surface area contributed by atoms with Gasteiger partial charge in [0.1, 0.15) is 0 Å². The Kier molecular flexibility index (Phi) is 3.36. The van der Waals surface area contributed by atoms with Crippen LogP contribution in [0.3, 0.4) is 0 Å². The molecule has 4 N–H and O–H groups in total. The fourth-order valence-electron chi connectivity index (χ4n) is 3.78. The Morgan fingerprint density at radius 2 is 2.00 bits per heavy atom. The minimum Gasteiger partial charge on any atom is -0.337 e. The van der Waals surface area contributed by atoms with Crippen LogP contribution in [0.25, 0.3) is 0 Å². The fraction of sp³-hybridized carbons (Fsp3) is 0.923. The van der Waals surface area contributed by atoms with Gasteiger partial charge in [0.05, 0.1) is 5.41 Å². The van der Waals surface area contributed by atoms with Crippen LogP contribution in [0.4, 0.5) is 18.0 Å². The van der Waals surface area contributed by atoms with E-state index in [0.717, 1.165) is 12.8 Å². The van der Waals surface area contributed by atoms with E-state index in [1.807, 2.05) is 0 Å². The average molecular weight is 306 g/mol. The van der Waals surface area contributed by atoms with Gasteiger partial charge in [0.15, 0.2) is 0 Å². The van der Waals surface area contributed by atoms with Crippen LogP contribution in [-0.4, -0.2) is 55.9 Å². The second kappa shape index (κ2) is 4.74. The molecule has 2 saturated heterocycles. The van der Waals surface area contributed by atoms with Crippen molar-refractivity contribution in [3.8, 4) is 0 Å². The molecule has 2 heterocycles. The summed E-state index contributed by atoms with van der Waals surface area (Å²) in [4.78, 5) is 13.7. The van der Waals surface area contributed by atoms with Crippen LogP contribution in [0.2, 0.25) is 0 Å². The first-order chi connectivity index (χ1) is 9.80. The van der Waals surface area contributed by atoms with Gasteiger partial charge >= 0.3 is 12.2 Å². The Morgan fingerprint density at radius 3 is 2.57 bits per heavy atom. The monoisotopic (exact) mass is 306 g/mol. The van der Waals surface area contributed by atoms with E-state index in [9.17, 15) is 18.0 Å². The molecule has 2 atom stereocenters. The van der Waals surface area contributed by atoms with Crippen LogP contribution >= 0.6 is 0 Å². The highest BCUT2D eigenvalue weighted by Gasteiger charge is 2.81. The highest BCUT2D eigenvalue weighted by molar-refractivity contribution is 5.74. The number of hydrogen-bond acceptors (Lipinski definition) is 3. The zero-order valence-electron chi connectivity index (χ0n) is 11.8. The van der Waals surface area contributed by atoms with Crippen molar-refractivity contribution in [3.63, 3.8) is 0 Å². The molecule has 0 unspecified atom stereocenters. The van der Waals surface area contributed by atoms with Crippen molar-refractivity contribution in [2.24, 2.45) is 16.6 Å². The minimum atomic E-state index is -4.21. The number of halogens is 3. The second-order valence-corrected chi connectivity index (χ2v) is 6.62. The number of nitrogens with zero attached hydrogens (tertiary/aromatic N) is 1. The molecule has 120 valence electrons. The lowest BCUT2D eigenvalue weighted by molar-refractivity contribution is -0.190. The van der Waals surface area contributed by atoms with Gasteiger partial charge in [0, 0.05) is 44.2 Å². The quantitative estimate of drug-likeness (QED) is 0.702. The Bertz CT molecular complexity index is 436. The third kappa shape index (κ3) is 2.28. The maximum atomic E-state index is 13.2. The van der Waals surface area contributed by atoms with Gasteiger partial charge in [-0.3, -0.25) is 0 Å². The molecule has 0 aromatic rings. The summed E-state index contributed by atoms with van der Waals surface area (Å²) >= 11 is 0. The molecule has 2 aliphatic heterocycles. The number of likely N-dealkylation sites (tertiary alicyclic amines) is 1. The SMILES string of the molecule is NC1CCN(C(=O)NC[C@@]23CNC[C@]2(C(F)(F)F)C3)CC1. The van der Waals surface area contributed by atoms with Crippen molar-refractivity contribution in [1.82, 2.24) is 15.5 Å². The third-order valence-corrected chi connectivity index (χ3v) is 5.37. The molecule has 0 bridgehead atoms. The lowest BCUT2D eigenvalue weighted by Gasteiger charge is -2.31. The number of fused-ring (bicyclic) bond motifs is 1. The Labute approximate surface area is 121 Å². The summed E-state index contributed by atoms with van der Waals surface area (Å²) in [6.07, 6.45) is -2.61. The van der Waals surface area contributed by atoms with Gasteiger partial charge in [-0.05, 0) is 19.3 Å². The molecule has 1 saturated carbocycles. The fourth-order valence-corrected chi connectivity index (χ4v) is 3.78. The number of amides is 2. The summed E-state index contributed by atoms with van der Waals surface area (Å²) in [6.45, 7) is 1.51. The first kappa shape index (κ1) is 14.9. The van der Waals surface area contributed by atoms with E-state index in [1.54, 1.807) is 4.90 Å². The van der Waals surface area contributed by atoms with E-state index in [1.165, 1.54) is 0 Å². The second-order valence-electron chi connectivity index (χ2n) is 6.62. The number of urea groups is 1. The molecule has 3 aliphatic rings. The molecule has 8 heteroatoms. The minimum absolute atomic E-state index is 0.0368. The van der Waals surface area contributed by atoms with Crippen LogP contribution in [-0.2, 0) is 0 Å². The average Bonchev–Trinajstić information content (AvgIpc) is 2.94. The molecule has 3 fully saturated rings. The Hall–Kier alpha value is -1.02. The number of piperidine rings is 2. The summed E-state index contributed by atoms with van der Waals surface area (Å²) < 4.78 is 39.5. The molecule has 0 aromatic carbocycles. The lowest BCUT2D eigenvalue weighted by Crippen LogP contribution is -2.49. The molecule has 0 radical (unpaired) electrons. The van der Waals surface area contributed by atoms with Crippen LogP contribution in [0.1, 0.15) is 19.3 Å². The first-order valence-electron chi connectivity index (χ1n) is 7.36. The van der Waals surface area contributed by atoms with Gasteiger partial charge in [-0.2, -0.15) is 13.2 Å². The summed E-state index contributed by atoms with van der Waals surface area (Å²) in [6, 6.07) is -0.154. The number of nitrogens with one attached hydrogen (secondary N) is 2. The molecular formula is C13H21F3N4O. The van der Waals surface area contributed by atoms with Gasteiger partial charge in [0.25, 0.3) is 0 Å². The van der Waals surface area contributed by atoms with Crippen molar-refractivity contribution in [2.75, 3.05) is 32.7 Å². The molecule has 0 aromatic heterocycles. The van der Waals surface area contributed by atoms with Gasteiger partial charge in [-0.25, -0.2) is 4.79 Å². The molecule has 21 heavy (non-hydrogen) atoms. The summed E-state index contributed by atoms with van der Waals surface area (Å²) in [5.41, 5.74) is 3.28. The predicted molar refractivity (Wildman–Crippen MR) is 70.6 cm³/mol. The topological polar surface area (TPSA) is 70.4 Å². The number of carbonyl (C=O) groups is 1. The zero-order valence-corrected chi connectivity index (χ0v) is 11.8. The number of rotatable bonds is 2. The molecule has 0 spiro atoms. The van der Waals surface area contributed by atoms with Crippen LogP contribution < -0.4 is 16.4 Å². The molecule has 1 aliphatic carbocycles. The maximum absolute atomic E-state index is 13.2. The van der Waals surface area contributed by atoms with E-state index < -0.39 is 17.0 Å². The van der Waals surface area contributed by atoms with E-state index in [4.69, 9.17) is 5.73 Å². The normalized spacial score (nSPS) is 36.5. The Balaban J connectivity index is 1.55. The lowest BCUT2D eigenvalue weighted by atomic mass is 9.95. The van der Waals surface area contributed by atoms with Gasteiger partial charge in [0.2, 0.25) is 0 Å². The third-order valence-electron chi connectivity index (χ3n) is 5.37. The maximum Gasteiger partial charge on any atom is 0.396 e. The van der Waals surface area contributed by atoms with Crippen LogP contribution in [0, 0.1) is 10.8 Å². The number of carbonyl (C=O) groups excluding carboxylic acids is 1. The van der Waals surface area contributed by atoms with E-state index in [2.05, 4.69) is 10.6 Å². The summed E-state index contributed by atoms with van der Waals surface area (Å²) in [5.74, 6) is 0. The van der Waals surface area contributed by atoms with Crippen molar-refractivity contribution < 1.29 is 18.0 Å². The standard InChI is InChI=1S/C13H21F3N4O/c14-13(15,16)12-5-11(12,6-18-8-12)7-19-10(21)20-3-1-9(17)2-4-20/h9,18H,1-8,17H2,(H,19,21)/t11-,12-/m1/s1. The van der Waals surface area contributed by atoms with Crippen LogP contribution in [0.15, 0.2) is 0 Å². The van der Waals surface area contributed by atoms with E-state index in [-0.39, 0.29) is 31.6 Å². The summed E-state index contributed by atoms with van der Waals surface area (Å²) in [7, 11) is 0. The largest absolute Gasteiger partial charge is 0.396 e. The number of alkyl halides is 3. The number of hydrogen-bond donors (Lipinski definition) is 3. The molecule has 2 amide bonds. The highest BCUT2D eigenvalue weighted by atomic mass is 19.4. The van der Waals surface area contributed by atoms with E-state index >= 15 is 0 Å². The van der Waals surface area contributed by atoms with Crippen molar-refractivity contribution in [2.45, 2.75) is 31.5 Å². The van der Waals surface area contributed by atoms with E-state index in [0.29, 0.717) is 19.6 Å². The molecule has 5 nitrogen and oxygen atoms in total. The smallest absolute Gasteiger partial charge is 0.337 e. The number of nitrogens with two attached hydrogens (primary N) is 1.